The average Bonchev–Trinajstić information content (AvgIpc) is 3.24. The monoisotopic (exact) mass is 508 g/mol. The van der Waals surface area contributed by atoms with Crippen LogP contribution in [0.4, 0.5) is 31.5 Å². The van der Waals surface area contributed by atoms with Gasteiger partial charge in [-0.15, -0.1) is 0 Å². The molecule has 2 aromatic rings. The second-order valence-electron chi connectivity index (χ2n) is 8.90. The second-order valence-corrected chi connectivity index (χ2v) is 9.26. The molecule has 184 valence electrons. The summed E-state index contributed by atoms with van der Waals surface area (Å²) in [6, 6.07) is -2.31. The van der Waals surface area contributed by atoms with Gasteiger partial charge in [-0.3, -0.25) is 0 Å². The van der Waals surface area contributed by atoms with E-state index in [2.05, 4.69) is 15.4 Å². The topological polar surface area (TPSA) is 112 Å². The number of carboxylic acid groups (broad SMARTS) is 1. The summed E-state index contributed by atoms with van der Waals surface area (Å²) in [6.45, 7) is -0.844. The SMILES string of the molecule is O=C(O)N[C@H](c1cn2nc(Cl)c(CN3C[C@@H](C(F)(F)F)NC3=O)cc2n1)C1CC2C(C1)C2(F)F. The number of aromatic nitrogens is 3. The smallest absolute Gasteiger partial charge is 0.410 e. The number of nitrogens with zero attached hydrogens (tertiary/aromatic N) is 4. The first-order chi connectivity index (χ1) is 15.8. The number of rotatable bonds is 5. The molecular formula is C19H18ClF5N6O3. The first kappa shape index (κ1) is 22.9. The van der Waals surface area contributed by atoms with Gasteiger partial charge in [0.15, 0.2) is 10.8 Å². The van der Waals surface area contributed by atoms with Crippen molar-refractivity contribution < 1.29 is 36.6 Å². The lowest BCUT2D eigenvalue weighted by atomic mass is 9.92. The van der Waals surface area contributed by atoms with Crippen LogP contribution in [0.3, 0.4) is 0 Å². The Morgan fingerprint density at radius 3 is 2.62 bits per heavy atom. The summed E-state index contributed by atoms with van der Waals surface area (Å²) in [5.74, 6) is -4.61. The highest BCUT2D eigenvalue weighted by Gasteiger charge is 2.72. The van der Waals surface area contributed by atoms with Crippen LogP contribution in [0.5, 0.6) is 0 Å². The number of carbonyl (C=O) groups excluding carboxylic acids is 1. The quantitative estimate of drug-likeness (QED) is 0.536. The standard InChI is InChI=1S/C19H18ClF5N6O3/c20-15-8(4-30-6-12(19(23,24)25)27-16(30)32)3-13-26-11(5-31(13)29-15)14(28-17(33)34)7-1-9-10(2-7)18(9,21)22/h3,5,7,9-10,12,14,28H,1-2,4,6H2,(H,27,32)(H,33,34)/t7?,9?,10?,12-,14-/m0/s1. The molecule has 3 amide bonds. The molecule has 0 radical (unpaired) electrons. The molecule has 3 heterocycles. The van der Waals surface area contributed by atoms with Gasteiger partial charge in [-0.05, 0) is 24.8 Å². The van der Waals surface area contributed by atoms with E-state index < -0.39 is 54.7 Å². The molecule has 2 aromatic heterocycles. The zero-order valence-corrected chi connectivity index (χ0v) is 17.9. The number of alkyl halides is 5. The third-order valence-electron chi connectivity index (χ3n) is 6.79. The third-order valence-corrected chi connectivity index (χ3v) is 7.11. The predicted octanol–water partition coefficient (Wildman–Crippen LogP) is 3.44. The second kappa shape index (κ2) is 7.55. The van der Waals surface area contributed by atoms with Crippen LogP contribution in [0.25, 0.3) is 5.65 Å². The average molecular weight is 509 g/mol. The van der Waals surface area contributed by atoms with Crippen LogP contribution in [0.15, 0.2) is 12.3 Å². The molecule has 3 N–H and O–H groups in total. The lowest BCUT2D eigenvalue weighted by Gasteiger charge is -2.23. The van der Waals surface area contributed by atoms with E-state index in [1.54, 1.807) is 0 Å². The van der Waals surface area contributed by atoms with Crippen molar-refractivity contribution in [1.29, 1.82) is 0 Å². The molecule has 5 rings (SSSR count). The molecule has 34 heavy (non-hydrogen) atoms. The van der Waals surface area contributed by atoms with Gasteiger partial charge in [0.05, 0.1) is 31.0 Å². The van der Waals surface area contributed by atoms with E-state index in [4.69, 9.17) is 11.6 Å². The van der Waals surface area contributed by atoms with Gasteiger partial charge in [-0.2, -0.15) is 18.3 Å². The summed E-state index contributed by atoms with van der Waals surface area (Å²) in [5.41, 5.74) is 0.717. The minimum Gasteiger partial charge on any atom is -0.465 e. The predicted molar refractivity (Wildman–Crippen MR) is 105 cm³/mol. The fourth-order valence-corrected chi connectivity index (χ4v) is 5.22. The van der Waals surface area contributed by atoms with Crippen LogP contribution in [-0.4, -0.2) is 61.4 Å². The zero-order chi connectivity index (χ0) is 24.6. The van der Waals surface area contributed by atoms with Crippen molar-refractivity contribution in [2.24, 2.45) is 17.8 Å². The zero-order valence-electron chi connectivity index (χ0n) is 17.2. The van der Waals surface area contributed by atoms with Gasteiger partial charge in [0.25, 0.3) is 5.92 Å². The Bertz CT molecular complexity index is 1160. The number of hydrogen-bond donors (Lipinski definition) is 3. The molecule has 2 unspecified atom stereocenters. The van der Waals surface area contributed by atoms with Gasteiger partial charge in [0.2, 0.25) is 0 Å². The van der Waals surface area contributed by atoms with Crippen molar-refractivity contribution in [2.75, 3.05) is 6.54 Å². The number of fused-ring (bicyclic) bond motifs is 2. The van der Waals surface area contributed by atoms with Gasteiger partial charge in [-0.25, -0.2) is 27.9 Å². The Labute approximate surface area is 193 Å². The van der Waals surface area contributed by atoms with Crippen molar-refractivity contribution in [3.05, 3.63) is 28.7 Å². The Hall–Kier alpha value is -2.90. The van der Waals surface area contributed by atoms with Crippen LogP contribution in [0.1, 0.15) is 30.1 Å². The fourth-order valence-electron chi connectivity index (χ4n) is 5.02. The van der Waals surface area contributed by atoms with Gasteiger partial charge in [0.1, 0.15) is 6.04 Å². The molecule has 3 fully saturated rings. The van der Waals surface area contributed by atoms with Gasteiger partial charge >= 0.3 is 18.3 Å². The minimum atomic E-state index is -4.59. The van der Waals surface area contributed by atoms with E-state index in [-0.39, 0.29) is 47.4 Å². The molecule has 4 atom stereocenters. The largest absolute Gasteiger partial charge is 0.465 e. The summed E-state index contributed by atoms with van der Waals surface area (Å²) in [4.78, 5) is 28.6. The van der Waals surface area contributed by atoms with Crippen molar-refractivity contribution in [3.63, 3.8) is 0 Å². The molecule has 15 heteroatoms. The molecule has 1 saturated heterocycles. The molecular weight excluding hydrogens is 491 g/mol. The molecule has 2 saturated carbocycles. The van der Waals surface area contributed by atoms with Crippen molar-refractivity contribution in [1.82, 2.24) is 30.1 Å². The normalized spacial score (nSPS) is 28.6. The number of halogens is 6. The first-order valence-corrected chi connectivity index (χ1v) is 10.8. The summed E-state index contributed by atoms with van der Waals surface area (Å²) < 4.78 is 67.2. The van der Waals surface area contributed by atoms with Crippen molar-refractivity contribution in [2.45, 2.75) is 43.6 Å². The van der Waals surface area contributed by atoms with Crippen LogP contribution in [0, 0.1) is 17.8 Å². The number of nitrogens with one attached hydrogen (secondary N) is 2. The van der Waals surface area contributed by atoms with Gasteiger partial charge in [0, 0.05) is 17.4 Å². The third kappa shape index (κ3) is 3.87. The van der Waals surface area contributed by atoms with E-state index in [9.17, 15) is 36.6 Å². The highest BCUT2D eigenvalue weighted by atomic mass is 35.5. The molecule has 3 aliphatic rings. The summed E-state index contributed by atoms with van der Waals surface area (Å²) in [7, 11) is 0. The highest BCUT2D eigenvalue weighted by Crippen LogP contribution is 2.67. The minimum absolute atomic E-state index is 0.0794. The summed E-state index contributed by atoms with van der Waals surface area (Å²) in [6.07, 6.45) is -4.19. The van der Waals surface area contributed by atoms with E-state index in [1.165, 1.54) is 16.8 Å². The van der Waals surface area contributed by atoms with E-state index >= 15 is 0 Å². The van der Waals surface area contributed by atoms with Gasteiger partial charge in [-0.1, -0.05) is 11.6 Å². The number of carbonyl (C=O) groups is 2. The first-order valence-electron chi connectivity index (χ1n) is 10.4. The lowest BCUT2D eigenvalue weighted by molar-refractivity contribution is -0.149. The maximum absolute atomic E-state index is 13.6. The van der Waals surface area contributed by atoms with E-state index in [1.807, 2.05) is 5.32 Å². The van der Waals surface area contributed by atoms with Crippen LogP contribution in [0.2, 0.25) is 5.15 Å². The van der Waals surface area contributed by atoms with E-state index in [0.29, 0.717) is 0 Å². The fraction of sp³-hybridized carbons (Fsp3) is 0.579. The molecule has 9 nitrogen and oxygen atoms in total. The Morgan fingerprint density at radius 1 is 1.35 bits per heavy atom. The van der Waals surface area contributed by atoms with E-state index in [0.717, 1.165) is 4.90 Å². The molecule has 0 aromatic carbocycles. The lowest BCUT2D eigenvalue weighted by Crippen LogP contribution is -2.40. The van der Waals surface area contributed by atoms with Crippen LogP contribution < -0.4 is 10.6 Å². The summed E-state index contributed by atoms with van der Waals surface area (Å²) in [5, 5.41) is 17.5. The van der Waals surface area contributed by atoms with Gasteiger partial charge < -0.3 is 20.6 Å². The van der Waals surface area contributed by atoms with Crippen LogP contribution in [-0.2, 0) is 6.54 Å². The number of hydrogen-bond acceptors (Lipinski definition) is 4. The Kier molecular flexibility index (Phi) is 5.08. The maximum atomic E-state index is 13.6. The Morgan fingerprint density at radius 2 is 2.03 bits per heavy atom. The number of urea groups is 1. The molecule has 1 aliphatic heterocycles. The molecule has 0 bridgehead atoms. The molecule has 2 aliphatic carbocycles. The van der Waals surface area contributed by atoms with Crippen LogP contribution >= 0.6 is 11.6 Å². The maximum Gasteiger partial charge on any atom is 0.410 e. The number of imidazole rings is 1. The molecule has 0 spiro atoms. The highest BCUT2D eigenvalue weighted by molar-refractivity contribution is 6.30. The summed E-state index contributed by atoms with van der Waals surface area (Å²) >= 11 is 6.18. The van der Waals surface area contributed by atoms with Crippen molar-refractivity contribution >= 4 is 29.4 Å². The Balaban J connectivity index is 1.38. The number of amides is 3. The van der Waals surface area contributed by atoms with Crippen molar-refractivity contribution in [3.8, 4) is 0 Å².